The molecule has 0 radical (unpaired) electrons. The minimum absolute atomic E-state index is 0.219. The summed E-state index contributed by atoms with van der Waals surface area (Å²) >= 11 is 1.36. The average Bonchev–Trinajstić information content (AvgIpc) is 3.04. The molecule has 26 heavy (non-hydrogen) atoms. The Kier molecular flexibility index (Phi) is 5.14. The molecule has 0 atom stereocenters. The Labute approximate surface area is 155 Å². The van der Waals surface area contributed by atoms with Crippen molar-refractivity contribution in [2.24, 2.45) is 5.73 Å². The second-order valence-electron chi connectivity index (χ2n) is 5.88. The number of primary amides is 1. The van der Waals surface area contributed by atoms with E-state index in [1.807, 2.05) is 19.1 Å². The summed E-state index contributed by atoms with van der Waals surface area (Å²) in [5, 5.41) is 3.65. The van der Waals surface area contributed by atoms with Crippen LogP contribution in [-0.4, -0.2) is 16.8 Å². The standard InChI is InChI=1S/C20H19N3O2S/c1-3-13-4-6-15(7-5-13)20-22-12(2)17(26-20)19(25)23-16-10-8-14(9-11-16)18(21)24/h4-11H,3H2,1-2H3,(H2,21,24)(H,23,25). The van der Waals surface area contributed by atoms with Gasteiger partial charge in [-0.3, -0.25) is 9.59 Å². The van der Waals surface area contributed by atoms with Gasteiger partial charge in [0.1, 0.15) is 9.88 Å². The molecule has 0 saturated carbocycles. The van der Waals surface area contributed by atoms with E-state index in [2.05, 4.69) is 29.4 Å². The quantitative estimate of drug-likeness (QED) is 0.716. The molecule has 0 aliphatic carbocycles. The van der Waals surface area contributed by atoms with Crippen molar-refractivity contribution < 1.29 is 9.59 Å². The lowest BCUT2D eigenvalue weighted by atomic mass is 10.1. The van der Waals surface area contributed by atoms with Gasteiger partial charge in [0.05, 0.1) is 5.69 Å². The SMILES string of the molecule is CCc1ccc(-c2nc(C)c(C(=O)Nc3ccc(C(N)=O)cc3)s2)cc1. The molecule has 0 fully saturated rings. The third-order valence-electron chi connectivity index (χ3n) is 4.04. The van der Waals surface area contributed by atoms with Crippen LogP contribution in [0.5, 0.6) is 0 Å². The monoisotopic (exact) mass is 365 g/mol. The topological polar surface area (TPSA) is 85.1 Å². The summed E-state index contributed by atoms with van der Waals surface area (Å²) in [4.78, 5) is 28.8. The molecule has 6 heteroatoms. The van der Waals surface area contributed by atoms with Crippen LogP contribution in [0.3, 0.4) is 0 Å². The summed E-state index contributed by atoms with van der Waals surface area (Å²) in [6.45, 7) is 3.94. The third kappa shape index (κ3) is 3.81. The minimum atomic E-state index is -0.500. The molecule has 2 aromatic carbocycles. The molecule has 2 amide bonds. The Morgan fingerprint density at radius 3 is 2.31 bits per heavy atom. The molecule has 3 aromatic rings. The molecule has 0 spiro atoms. The number of anilines is 1. The van der Waals surface area contributed by atoms with Gasteiger partial charge in [0.25, 0.3) is 5.91 Å². The first kappa shape index (κ1) is 17.8. The van der Waals surface area contributed by atoms with Gasteiger partial charge in [0, 0.05) is 16.8 Å². The molecule has 5 nitrogen and oxygen atoms in total. The summed E-state index contributed by atoms with van der Waals surface area (Å²) < 4.78 is 0. The van der Waals surface area contributed by atoms with E-state index < -0.39 is 5.91 Å². The average molecular weight is 365 g/mol. The third-order valence-corrected chi connectivity index (χ3v) is 5.24. The van der Waals surface area contributed by atoms with Crippen molar-refractivity contribution in [1.29, 1.82) is 0 Å². The molecule has 0 aliphatic rings. The number of carbonyl (C=O) groups is 2. The largest absolute Gasteiger partial charge is 0.366 e. The molecule has 0 saturated heterocycles. The number of rotatable bonds is 5. The van der Waals surface area contributed by atoms with Crippen molar-refractivity contribution in [2.45, 2.75) is 20.3 Å². The number of nitrogens with two attached hydrogens (primary N) is 1. The zero-order valence-corrected chi connectivity index (χ0v) is 15.4. The fourth-order valence-corrected chi connectivity index (χ4v) is 3.49. The Morgan fingerprint density at radius 1 is 1.08 bits per heavy atom. The summed E-state index contributed by atoms with van der Waals surface area (Å²) in [7, 11) is 0. The number of hydrogen-bond acceptors (Lipinski definition) is 4. The van der Waals surface area contributed by atoms with Crippen LogP contribution in [-0.2, 0) is 6.42 Å². The van der Waals surface area contributed by atoms with Gasteiger partial charge in [-0.15, -0.1) is 11.3 Å². The predicted octanol–water partition coefficient (Wildman–Crippen LogP) is 4.03. The van der Waals surface area contributed by atoms with Gasteiger partial charge < -0.3 is 11.1 Å². The molecule has 0 unspecified atom stereocenters. The second-order valence-corrected chi connectivity index (χ2v) is 6.88. The van der Waals surface area contributed by atoms with E-state index in [0.717, 1.165) is 17.0 Å². The molecular formula is C20H19N3O2S. The molecule has 0 aliphatic heterocycles. The molecule has 3 rings (SSSR count). The number of benzene rings is 2. The Bertz CT molecular complexity index is 944. The summed E-state index contributed by atoms with van der Waals surface area (Å²) in [5.74, 6) is -0.719. The zero-order chi connectivity index (χ0) is 18.7. The number of hydrogen-bond donors (Lipinski definition) is 2. The number of nitrogens with zero attached hydrogens (tertiary/aromatic N) is 1. The number of carbonyl (C=O) groups excluding carboxylic acids is 2. The molecule has 0 bridgehead atoms. The van der Waals surface area contributed by atoms with Crippen molar-refractivity contribution in [2.75, 3.05) is 5.32 Å². The highest BCUT2D eigenvalue weighted by Gasteiger charge is 2.16. The van der Waals surface area contributed by atoms with E-state index in [9.17, 15) is 9.59 Å². The van der Waals surface area contributed by atoms with Crippen LogP contribution in [0, 0.1) is 6.92 Å². The number of nitrogens with one attached hydrogen (secondary N) is 1. The van der Waals surface area contributed by atoms with Crippen molar-refractivity contribution >= 4 is 28.8 Å². The van der Waals surface area contributed by atoms with Crippen LogP contribution in [0.15, 0.2) is 48.5 Å². The maximum absolute atomic E-state index is 12.6. The fourth-order valence-electron chi connectivity index (χ4n) is 2.52. The van der Waals surface area contributed by atoms with Crippen LogP contribution >= 0.6 is 11.3 Å². The minimum Gasteiger partial charge on any atom is -0.366 e. The number of amides is 2. The molecule has 1 heterocycles. The Hall–Kier alpha value is -2.99. The van der Waals surface area contributed by atoms with Gasteiger partial charge >= 0.3 is 0 Å². The zero-order valence-electron chi connectivity index (χ0n) is 14.6. The second kappa shape index (κ2) is 7.49. The first-order valence-corrected chi connectivity index (χ1v) is 9.07. The smallest absolute Gasteiger partial charge is 0.267 e. The van der Waals surface area contributed by atoms with Gasteiger partial charge in [-0.2, -0.15) is 0 Å². The predicted molar refractivity (Wildman–Crippen MR) is 105 cm³/mol. The van der Waals surface area contributed by atoms with E-state index in [4.69, 9.17) is 5.73 Å². The van der Waals surface area contributed by atoms with Gasteiger partial charge in [-0.1, -0.05) is 31.2 Å². The summed E-state index contributed by atoms with van der Waals surface area (Å²) in [5.41, 5.74) is 9.17. The lowest BCUT2D eigenvalue weighted by Crippen LogP contribution is -2.13. The number of aromatic nitrogens is 1. The van der Waals surface area contributed by atoms with Crippen molar-refractivity contribution in [3.63, 3.8) is 0 Å². The van der Waals surface area contributed by atoms with Crippen molar-refractivity contribution in [3.05, 3.63) is 70.2 Å². The van der Waals surface area contributed by atoms with Gasteiger partial charge in [0.2, 0.25) is 5.91 Å². The summed E-state index contributed by atoms with van der Waals surface area (Å²) in [6, 6.07) is 14.7. The highest BCUT2D eigenvalue weighted by molar-refractivity contribution is 7.17. The molecule has 132 valence electrons. The lowest BCUT2D eigenvalue weighted by molar-refractivity contribution is 0.0998. The fraction of sp³-hybridized carbons (Fsp3) is 0.150. The molecular weight excluding hydrogens is 346 g/mol. The Balaban J connectivity index is 1.79. The van der Waals surface area contributed by atoms with Gasteiger partial charge in [-0.05, 0) is 43.2 Å². The van der Waals surface area contributed by atoms with E-state index in [0.29, 0.717) is 21.8 Å². The van der Waals surface area contributed by atoms with Crippen LogP contribution < -0.4 is 11.1 Å². The maximum Gasteiger partial charge on any atom is 0.267 e. The first-order valence-electron chi connectivity index (χ1n) is 8.26. The molecule has 3 N–H and O–H groups in total. The highest BCUT2D eigenvalue weighted by Crippen LogP contribution is 2.29. The van der Waals surface area contributed by atoms with Crippen LogP contribution in [0.25, 0.3) is 10.6 Å². The van der Waals surface area contributed by atoms with Gasteiger partial charge in [0.15, 0.2) is 0 Å². The maximum atomic E-state index is 12.6. The van der Waals surface area contributed by atoms with E-state index >= 15 is 0 Å². The van der Waals surface area contributed by atoms with Crippen LogP contribution in [0.1, 0.15) is 38.2 Å². The highest BCUT2D eigenvalue weighted by atomic mass is 32.1. The van der Waals surface area contributed by atoms with Crippen molar-refractivity contribution in [3.8, 4) is 10.6 Å². The van der Waals surface area contributed by atoms with Gasteiger partial charge in [-0.25, -0.2) is 4.98 Å². The van der Waals surface area contributed by atoms with Crippen molar-refractivity contribution in [1.82, 2.24) is 4.98 Å². The molecule has 1 aromatic heterocycles. The summed E-state index contributed by atoms with van der Waals surface area (Å²) in [6.07, 6.45) is 0.985. The van der Waals surface area contributed by atoms with Crippen LogP contribution in [0.2, 0.25) is 0 Å². The van der Waals surface area contributed by atoms with Crippen LogP contribution in [0.4, 0.5) is 5.69 Å². The number of thiazole rings is 1. The Morgan fingerprint density at radius 2 is 1.73 bits per heavy atom. The first-order chi connectivity index (χ1) is 12.5. The van der Waals surface area contributed by atoms with E-state index in [-0.39, 0.29) is 5.91 Å². The number of aryl methyl sites for hydroxylation is 2. The van der Waals surface area contributed by atoms with E-state index in [1.165, 1.54) is 16.9 Å². The normalized spacial score (nSPS) is 10.5. The van der Waals surface area contributed by atoms with E-state index in [1.54, 1.807) is 24.3 Å². The lowest BCUT2D eigenvalue weighted by Gasteiger charge is -2.04.